The maximum atomic E-state index is 10.2. The van der Waals surface area contributed by atoms with Gasteiger partial charge in [-0.15, -0.1) is 11.3 Å². The molecule has 0 aliphatic heterocycles. The SMILES string of the molecule is O=C(O)c1cc([N+](=O)O)cs1. The summed E-state index contributed by atoms with van der Waals surface area (Å²) in [5, 5.41) is 18.0. The first-order chi connectivity index (χ1) is 5.11. The van der Waals surface area contributed by atoms with Crippen molar-refractivity contribution < 1.29 is 20.0 Å². The second-order valence-electron chi connectivity index (χ2n) is 1.75. The number of thiophene rings is 1. The maximum absolute atomic E-state index is 10.2. The number of nitrogens with zero attached hydrogens (tertiary/aromatic N) is 1. The molecule has 6 heteroatoms. The molecule has 0 aliphatic carbocycles. The first kappa shape index (κ1) is 7.67. The molecule has 1 rings (SSSR count). The Hall–Kier alpha value is -1.43. The van der Waals surface area contributed by atoms with Crippen LogP contribution in [0, 0.1) is 4.91 Å². The van der Waals surface area contributed by atoms with Gasteiger partial charge in [0.15, 0.2) is 0 Å². The Labute approximate surface area is 65.0 Å². The average molecular weight is 174 g/mol. The van der Waals surface area contributed by atoms with Crippen molar-refractivity contribution in [2.24, 2.45) is 0 Å². The van der Waals surface area contributed by atoms with Gasteiger partial charge in [0, 0.05) is 6.07 Å². The van der Waals surface area contributed by atoms with Crippen LogP contribution in [0.4, 0.5) is 5.69 Å². The zero-order chi connectivity index (χ0) is 8.43. The Morgan fingerprint density at radius 2 is 2.27 bits per heavy atom. The van der Waals surface area contributed by atoms with E-state index in [0.717, 1.165) is 17.4 Å². The van der Waals surface area contributed by atoms with Gasteiger partial charge < -0.3 is 5.11 Å². The summed E-state index contributed by atoms with van der Waals surface area (Å²) in [5.41, 5.74) is -0.0626. The van der Waals surface area contributed by atoms with Crippen molar-refractivity contribution >= 4 is 23.0 Å². The first-order valence-corrected chi connectivity index (χ1v) is 3.47. The van der Waals surface area contributed by atoms with Gasteiger partial charge in [-0.25, -0.2) is 10.0 Å². The minimum atomic E-state index is -1.11. The number of rotatable bonds is 2. The van der Waals surface area contributed by atoms with E-state index >= 15 is 0 Å². The molecule has 0 aromatic carbocycles. The fourth-order valence-corrected chi connectivity index (χ4v) is 1.23. The molecule has 58 valence electrons. The van der Waals surface area contributed by atoms with E-state index in [1.54, 1.807) is 0 Å². The quantitative estimate of drug-likeness (QED) is 0.661. The van der Waals surface area contributed by atoms with Crippen LogP contribution in [0.25, 0.3) is 0 Å². The van der Waals surface area contributed by atoms with Crippen molar-refractivity contribution in [3.63, 3.8) is 0 Å². The molecule has 1 aromatic heterocycles. The molecule has 0 spiro atoms. The highest BCUT2D eigenvalue weighted by molar-refractivity contribution is 7.12. The van der Waals surface area contributed by atoms with Crippen LogP contribution in [0.15, 0.2) is 11.4 Å². The van der Waals surface area contributed by atoms with Crippen molar-refractivity contribution in [1.82, 2.24) is 0 Å². The maximum Gasteiger partial charge on any atom is 0.346 e. The van der Waals surface area contributed by atoms with Crippen LogP contribution in [-0.4, -0.2) is 21.2 Å². The van der Waals surface area contributed by atoms with Crippen LogP contribution in [0.2, 0.25) is 0 Å². The van der Waals surface area contributed by atoms with Crippen molar-refractivity contribution in [3.8, 4) is 0 Å². The Balaban J connectivity index is 2.99. The third kappa shape index (κ3) is 1.53. The third-order valence-electron chi connectivity index (χ3n) is 1.02. The zero-order valence-corrected chi connectivity index (χ0v) is 6.04. The minimum Gasteiger partial charge on any atom is -0.477 e. The highest BCUT2D eigenvalue weighted by atomic mass is 32.1. The summed E-state index contributed by atoms with van der Waals surface area (Å²) >= 11 is 0.885. The van der Waals surface area contributed by atoms with Gasteiger partial charge in [0.05, 0.1) is 10.3 Å². The monoisotopic (exact) mass is 174 g/mol. The molecule has 0 aliphatic rings. The summed E-state index contributed by atoms with van der Waals surface area (Å²) in [6, 6.07) is 1.10. The van der Waals surface area contributed by atoms with Crippen LogP contribution < -0.4 is 0 Å². The van der Waals surface area contributed by atoms with Gasteiger partial charge in [-0.3, -0.25) is 0 Å². The fourth-order valence-electron chi connectivity index (χ4n) is 0.539. The normalized spacial score (nSPS) is 9.45. The lowest BCUT2D eigenvalue weighted by atomic mass is 10.4. The molecule has 0 saturated heterocycles. The van der Waals surface area contributed by atoms with Crippen molar-refractivity contribution in [3.05, 3.63) is 21.2 Å². The van der Waals surface area contributed by atoms with Gasteiger partial charge >= 0.3 is 11.7 Å². The van der Waals surface area contributed by atoms with E-state index in [9.17, 15) is 9.70 Å². The van der Waals surface area contributed by atoms with E-state index in [1.165, 1.54) is 5.38 Å². The number of aromatic carboxylic acids is 1. The van der Waals surface area contributed by atoms with Gasteiger partial charge in [0.2, 0.25) is 0 Å². The number of hydrogen-bond acceptors (Lipinski definition) is 3. The molecular weight excluding hydrogens is 170 g/mol. The average Bonchev–Trinajstić information content (AvgIpc) is 2.33. The Bertz CT molecular complexity index is 277. The molecular formula is C5H4NO4S+. The lowest BCUT2D eigenvalue weighted by Crippen LogP contribution is -1.92. The van der Waals surface area contributed by atoms with E-state index in [4.69, 9.17) is 10.3 Å². The Morgan fingerprint density at radius 1 is 1.64 bits per heavy atom. The topological polar surface area (TPSA) is 77.6 Å². The largest absolute Gasteiger partial charge is 0.477 e. The predicted octanol–water partition coefficient (Wildman–Crippen LogP) is 1.25. The van der Waals surface area contributed by atoms with Gasteiger partial charge in [-0.1, -0.05) is 0 Å². The van der Waals surface area contributed by atoms with Crippen molar-refractivity contribution in [2.75, 3.05) is 0 Å². The van der Waals surface area contributed by atoms with Gasteiger partial charge in [0.1, 0.15) is 4.88 Å². The molecule has 0 fully saturated rings. The molecule has 0 unspecified atom stereocenters. The standard InChI is InChI=1S/C5H3NO4S/c7-5(8)4-1-3(2-11-4)6(9)10/h1-2H,(H-,7,8,9,10)/p+1. The lowest BCUT2D eigenvalue weighted by molar-refractivity contribution is -0.729. The summed E-state index contributed by atoms with van der Waals surface area (Å²) in [5.74, 6) is -1.11. The van der Waals surface area contributed by atoms with E-state index in [-0.39, 0.29) is 15.5 Å². The third-order valence-corrected chi connectivity index (χ3v) is 1.92. The molecule has 0 amide bonds. The summed E-state index contributed by atoms with van der Waals surface area (Å²) < 4.78 is 0. The van der Waals surface area contributed by atoms with Crippen LogP contribution in [-0.2, 0) is 0 Å². The van der Waals surface area contributed by atoms with Crippen LogP contribution in [0.5, 0.6) is 0 Å². The predicted molar refractivity (Wildman–Crippen MR) is 36.4 cm³/mol. The minimum absolute atomic E-state index is 0.0231. The van der Waals surface area contributed by atoms with Crippen LogP contribution >= 0.6 is 11.3 Å². The van der Waals surface area contributed by atoms with E-state index in [2.05, 4.69) is 0 Å². The lowest BCUT2D eigenvalue weighted by Gasteiger charge is -1.78. The zero-order valence-electron chi connectivity index (χ0n) is 5.22. The molecule has 11 heavy (non-hydrogen) atoms. The van der Waals surface area contributed by atoms with Crippen LogP contribution in [0.1, 0.15) is 9.67 Å². The Kier molecular flexibility index (Phi) is 1.86. The molecule has 0 atom stereocenters. The molecule has 5 nitrogen and oxygen atoms in total. The summed E-state index contributed by atoms with van der Waals surface area (Å²) in [4.78, 5) is 20.1. The number of carbonyl (C=O) groups is 1. The molecule has 1 heterocycles. The Morgan fingerprint density at radius 3 is 2.55 bits per heavy atom. The summed E-state index contributed by atoms with van der Waals surface area (Å²) in [6.07, 6.45) is 0. The van der Waals surface area contributed by atoms with E-state index in [1.807, 2.05) is 0 Å². The van der Waals surface area contributed by atoms with E-state index in [0.29, 0.717) is 0 Å². The summed E-state index contributed by atoms with van der Waals surface area (Å²) in [6.45, 7) is 0. The first-order valence-electron chi connectivity index (χ1n) is 2.59. The molecule has 0 bridgehead atoms. The summed E-state index contributed by atoms with van der Waals surface area (Å²) in [7, 11) is 0. The fraction of sp³-hybridized carbons (Fsp3) is 0. The number of hydrogen-bond donors (Lipinski definition) is 2. The van der Waals surface area contributed by atoms with Gasteiger partial charge in [0.25, 0.3) is 4.92 Å². The molecule has 1 aromatic rings. The molecule has 0 radical (unpaired) electrons. The highest BCUT2D eigenvalue weighted by Gasteiger charge is 2.17. The number of carboxylic acids is 1. The smallest absolute Gasteiger partial charge is 0.346 e. The van der Waals surface area contributed by atoms with E-state index < -0.39 is 5.97 Å². The molecule has 2 N–H and O–H groups in total. The second-order valence-corrected chi connectivity index (χ2v) is 2.66. The van der Waals surface area contributed by atoms with Gasteiger partial charge in [-0.2, -0.15) is 0 Å². The van der Waals surface area contributed by atoms with Crippen molar-refractivity contribution in [1.29, 1.82) is 0 Å². The molecule has 0 saturated carbocycles. The highest BCUT2D eigenvalue weighted by Crippen LogP contribution is 2.20. The van der Waals surface area contributed by atoms with Crippen LogP contribution in [0.3, 0.4) is 0 Å². The number of carboxylic acid groups (broad SMARTS) is 1. The second kappa shape index (κ2) is 2.67. The van der Waals surface area contributed by atoms with Gasteiger partial charge in [-0.05, 0) is 0 Å². The van der Waals surface area contributed by atoms with Crippen molar-refractivity contribution in [2.45, 2.75) is 0 Å².